The van der Waals surface area contributed by atoms with Gasteiger partial charge < -0.3 is 15.4 Å². The van der Waals surface area contributed by atoms with Gasteiger partial charge in [0, 0.05) is 26.2 Å². The Balaban J connectivity index is 0.00000220. The van der Waals surface area contributed by atoms with Gasteiger partial charge in [-0.15, -0.1) is 12.4 Å². The molecule has 2 rings (SSSR count). The number of ether oxygens (including phenoxy) is 1. The molecule has 0 aromatic rings. The van der Waals surface area contributed by atoms with E-state index in [9.17, 15) is 4.79 Å². The van der Waals surface area contributed by atoms with Crippen LogP contribution in [0.25, 0.3) is 0 Å². The smallest absolute Gasteiger partial charge is 0.220 e. The lowest BCUT2D eigenvalue weighted by atomic mass is 9.84. The van der Waals surface area contributed by atoms with Crippen LogP contribution in [0.5, 0.6) is 0 Å². The zero-order valence-electron chi connectivity index (χ0n) is 13.2. The lowest BCUT2D eigenvalue weighted by molar-refractivity contribution is -0.122. The molecule has 0 aromatic heterocycles. The van der Waals surface area contributed by atoms with E-state index in [4.69, 9.17) is 4.74 Å². The molecule has 124 valence electrons. The monoisotopic (exact) mass is 318 g/mol. The van der Waals surface area contributed by atoms with Gasteiger partial charge in [-0.1, -0.05) is 6.92 Å². The second-order valence-electron chi connectivity index (χ2n) is 6.49. The summed E-state index contributed by atoms with van der Waals surface area (Å²) in [7, 11) is 0. The lowest BCUT2D eigenvalue weighted by Crippen LogP contribution is -2.33. The van der Waals surface area contributed by atoms with Gasteiger partial charge in [-0.25, -0.2) is 0 Å². The Labute approximate surface area is 135 Å². The second kappa shape index (κ2) is 10.4. The molecule has 1 amide bonds. The van der Waals surface area contributed by atoms with Crippen molar-refractivity contribution < 1.29 is 9.53 Å². The molecule has 2 fully saturated rings. The first-order valence-electron chi connectivity index (χ1n) is 8.31. The SMILES string of the molecule is CC(CC(=O)NCCCOCC1CC1)C1CCNCC1.Cl. The van der Waals surface area contributed by atoms with E-state index >= 15 is 0 Å². The molecule has 2 aliphatic rings. The maximum absolute atomic E-state index is 11.9. The highest BCUT2D eigenvalue weighted by atomic mass is 35.5. The van der Waals surface area contributed by atoms with Crippen molar-refractivity contribution in [2.24, 2.45) is 17.8 Å². The fourth-order valence-electron chi connectivity index (χ4n) is 2.88. The second-order valence-corrected chi connectivity index (χ2v) is 6.49. The van der Waals surface area contributed by atoms with Crippen LogP contribution in [0.3, 0.4) is 0 Å². The number of hydrogen-bond donors (Lipinski definition) is 2. The Kier molecular flexibility index (Phi) is 9.29. The van der Waals surface area contributed by atoms with Crippen LogP contribution < -0.4 is 10.6 Å². The molecular formula is C16H31ClN2O2. The third-order valence-corrected chi connectivity index (χ3v) is 4.53. The molecule has 1 aliphatic carbocycles. The van der Waals surface area contributed by atoms with Gasteiger partial charge in [0.15, 0.2) is 0 Å². The summed E-state index contributed by atoms with van der Waals surface area (Å²) >= 11 is 0. The summed E-state index contributed by atoms with van der Waals surface area (Å²) in [6.07, 6.45) is 6.71. The van der Waals surface area contributed by atoms with E-state index in [-0.39, 0.29) is 18.3 Å². The minimum Gasteiger partial charge on any atom is -0.381 e. The molecule has 2 N–H and O–H groups in total. The van der Waals surface area contributed by atoms with E-state index in [2.05, 4.69) is 17.6 Å². The molecule has 4 nitrogen and oxygen atoms in total. The number of nitrogens with one attached hydrogen (secondary N) is 2. The molecular weight excluding hydrogens is 288 g/mol. The van der Waals surface area contributed by atoms with Crippen molar-refractivity contribution in [1.29, 1.82) is 0 Å². The molecule has 0 bridgehead atoms. The minimum atomic E-state index is 0. The van der Waals surface area contributed by atoms with Gasteiger partial charge >= 0.3 is 0 Å². The maximum Gasteiger partial charge on any atom is 0.220 e. The number of hydrogen-bond acceptors (Lipinski definition) is 3. The van der Waals surface area contributed by atoms with Crippen molar-refractivity contribution >= 4 is 18.3 Å². The number of rotatable bonds is 9. The van der Waals surface area contributed by atoms with Crippen LogP contribution in [0.4, 0.5) is 0 Å². The lowest BCUT2D eigenvalue weighted by Gasteiger charge is -2.27. The number of carbonyl (C=O) groups excluding carboxylic acids is 1. The van der Waals surface area contributed by atoms with Gasteiger partial charge in [0.05, 0.1) is 0 Å². The Bertz CT molecular complexity index is 292. The van der Waals surface area contributed by atoms with Crippen LogP contribution in [0, 0.1) is 17.8 Å². The van der Waals surface area contributed by atoms with Crippen LogP contribution in [0.1, 0.15) is 45.4 Å². The van der Waals surface area contributed by atoms with Crippen LogP contribution >= 0.6 is 12.4 Å². The summed E-state index contributed by atoms with van der Waals surface area (Å²) in [5, 5.41) is 6.40. The van der Waals surface area contributed by atoms with Crippen LogP contribution in [-0.2, 0) is 9.53 Å². The number of piperidine rings is 1. The molecule has 1 heterocycles. The minimum absolute atomic E-state index is 0. The molecule has 0 radical (unpaired) electrons. The van der Waals surface area contributed by atoms with Crippen molar-refractivity contribution in [3.8, 4) is 0 Å². The third-order valence-electron chi connectivity index (χ3n) is 4.53. The fraction of sp³-hybridized carbons (Fsp3) is 0.938. The predicted molar refractivity (Wildman–Crippen MR) is 87.8 cm³/mol. The maximum atomic E-state index is 11.9. The van der Waals surface area contributed by atoms with Crippen molar-refractivity contribution in [3.05, 3.63) is 0 Å². The van der Waals surface area contributed by atoms with Gasteiger partial charge in [-0.2, -0.15) is 0 Å². The van der Waals surface area contributed by atoms with E-state index < -0.39 is 0 Å². The van der Waals surface area contributed by atoms with Crippen molar-refractivity contribution in [2.75, 3.05) is 32.8 Å². The van der Waals surface area contributed by atoms with Crippen LogP contribution in [0.15, 0.2) is 0 Å². The number of carbonyl (C=O) groups is 1. The Hall–Kier alpha value is -0.320. The molecule has 1 unspecified atom stereocenters. The van der Waals surface area contributed by atoms with Gasteiger partial charge in [-0.05, 0) is 62.9 Å². The summed E-state index contributed by atoms with van der Waals surface area (Å²) in [6, 6.07) is 0. The van der Waals surface area contributed by atoms with Crippen LogP contribution in [0.2, 0.25) is 0 Å². The van der Waals surface area contributed by atoms with E-state index in [0.717, 1.165) is 45.2 Å². The first-order chi connectivity index (χ1) is 9.75. The van der Waals surface area contributed by atoms with E-state index in [1.54, 1.807) is 0 Å². The number of amides is 1. The Morgan fingerprint density at radius 1 is 1.29 bits per heavy atom. The zero-order chi connectivity index (χ0) is 14.2. The summed E-state index contributed by atoms with van der Waals surface area (Å²) in [5.41, 5.74) is 0. The molecule has 1 aliphatic heterocycles. The molecule has 21 heavy (non-hydrogen) atoms. The first-order valence-corrected chi connectivity index (χ1v) is 8.31. The van der Waals surface area contributed by atoms with Crippen molar-refractivity contribution in [1.82, 2.24) is 10.6 Å². The van der Waals surface area contributed by atoms with E-state index in [1.807, 2.05) is 0 Å². The molecule has 0 aromatic carbocycles. The highest BCUT2D eigenvalue weighted by Crippen LogP contribution is 2.28. The van der Waals surface area contributed by atoms with Crippen LogP contribution in [-0.4, -0.2) is 38.8 Å². The van der Waals surface area contributed by atoms with Crippen molar-refractivity contribution in [2.45, 2.75) is 45.4 Å². The summed E-state index contributed by atoms with van der Waals surface area (Å²) < 4.78 is 5.56. The summed E-state index contributed by atoms with van der Waals surface area (Å²) in [5.74, 6) is 2.25. The van der Waals surface area contributed by atoms with E-state index in [1.165, 1.54) is 25.7 Å². The Morgan fingerprint density at radius 3 is 2.67 bits per heavy atom. The molecule has 5 heteroatoms. The highest BCUT2D eigenvalue weighted by Gasteiger charge is 2.22. The molecule has 1 saturated carbocycles. The molecule has 1 atom stereocenters. The topological polar surface area (TPSA) is 50.4 Å². The average Bonchev–Trinajstić information content (AvgIpc) is 3.27. The van der Waals surface area contributed by atoms with Gasteiger partial charge in [0.1, 0.15) is 0 Å². The quantitative estimate of drug-likeness (QED) is 0.642. The average molecular weight is 319 g/mol. The molecule has 0 spiro atoms. The van der Waals surface area contributed by atoms with Gasteiger partial charge in [0.2, 0.25) is 5.91 Å². The third kappa shape index (κ3) is 8.03. The first kappa shape index (κ1) is 18.7. The largest absolute Gasteiger partial charge is 0.381 e. The van der Waals surface area contributed by atoms with E-state index in [0.29, 0.717) is 18.3 Å². The van der Waals surface area contributed by atoms with Crippen molar-refractivity contribution in [3.63, 3.8) is 0 Å². The standard InChI is InChI=1S/C16H30N2O2.ClH/c1-13(15-5-8-17-9-6-15)11-16(19)18-7-2-10-20-12-14-3-4-14;/h13-15,17H,2-12H2,1H3,(H,18,19);1H. The highest BCUT2D eigenvalue weighted by molar-refractivity contribution is 5.85. The normalized spacial score (nSPS) is 20.6. The zero-order valence-corrected chi connectivity index (χ0v) is 14.1. The predicted octanol–water partition coefficient (Wildman–Crippen LogP) is 2.37. The summed E-state index contributed by atoms with van der Waals surface area (Å²) in [4.78, 5) is 11.9. The fourth-order valence-corrected chi connectivity index (χ4v) is 2.88. The molecule has 1 saturated heterocycles. The van der Waals surface area contributed by atoms with Gasteiger partial charge in [0.25, 0.3) is 0 Å². The Morgan fingerprint density at radius 2 is 2.00 bits per heavy atom. The van der Waals surface area contributed by atoms with Gasteiger partial charge in [-0.3, -0.25) is 4.79 Å². The summed E-state index contributed by atoms with van der Waals surface area (Å²) in [6.45, 7) is 6.88. The number of halogens is 1.